The van der Waals surface area contributed by atoms with Crippen LogP contribution in [0.4, 0.5) is 22.7 Å². The molecule has 0 saturated heterocycles. The number of rotatable bonds is 41. The van der Waals surface area contributed by atoms with E-state index < -0.39 is 96.5 Å². The third-order valence-electron chi connectivity index (χ3n) is 13.9. The van der Waals surface area contributed by atoms with Crippen LogP contribution in [0.5, 0.6) is 23.0 Å². The number of ether oxygens (including phenoxy) is 5. The third-order valence-corrected chi connectivity index (χ3v) is 13.9. The zero-order valence-electron chi connectivity index (χ0n) is 51.1. The van der Waals surface area contributed by atoms with Crippen molar-refractivity contribution in [1.82, 2.24) is 21.3 Å². The Morgan fingerprint density at radius 2 is 0.667 bits per heavy atom. The highest BCUT2D eigenvalue weighted by molar-refractivity contribution is 6.08. The predicted molar refractivity (Wildman–Crippen MR) is 335 cm³/mol. The minimum Gasteiger partial charge on any atom is -0.496 e. The van der Waals surface area contributed by atoms with Crippen LogP contribution < -0.4 is 90.2 Å². The minimum absolute atomic E-state index is 0.0230. The molecule has 0 fully saturated rings. The fourth-order valence-electron chi connectivity index (χ4n) is 9.18. The van der Waals surface area contributed by atoms with Crippen LogP contribution in [0.15, 0.2) is 72.8 Å². The molecule has 0 aromatic heterocycles. The molecule has 9 amide bonds. The number of primary amides is 1. The largest absolute Gasteiger partial charge is 0.496 e. The number of benzene rings is 4. The topological polar surface area (TPSA) is 463 Å². The Hall–Kier alpha value is -9.42. The average molecular weight is 1260 g/mol. The lowest BCUT2D eigenvalue weighted by atomic mass is 10.0. The van der Waals surface area contributed by atoms with E-state index in [1.807, 2.05) is 0 Å². The molecule has 0 aliphatic carbocycles. The third kappa shape index (κ3) is 23.6. The number of carbonyl (C=O) groups is 10. The van der Waals surface area contributed by atoms with E-state index in [4.69, 9.17) is 57.5 Å². The monoisotopic (exact) mass is 1260 g/mol. The number of carboxylic acid groups (broad SMARTS) is 1. The first kappa shape index (κ1) is 73.1. The summed E-state index contributed by atoms with van der Waals surface area (Å²) >= 11 is 0. The molecule has 4 atom stereocenters. The summed E-state index contributed by atoms with van der Waals surface area (Å²) in [7, 11) is 5.35. The maximum absolute atomic E-state index is 14.3. The first-order valence-corrected chi connectivity index (χ1v) is 29.3. The maximum atomic E-state index is 14.3. The van der Waals surface area contributed by atoms with Crippen molar-refractivity contribution in [3.05, 3.63) is 95.1 Å². The van der Waals surface area contributed by atoms with Gasteiger partial charge in [0.05, 0.1) is 50.7 Å². The zero-order chi connectivity index (χ0) is 66.1. The van der Waals surface area contributed by atoms with Gasteiger partial charge in [0.15, 0.2) is 0 Å². The zero-order valence-corrected chi connectivity index (χ0v) is 51.1. The molecule has 29 nitrogen and oxygen atoms in total. The molecule has 0 unspecified atom stereocenters. The van der Waals surface area contributed by atoms with Gasteiger partial charge in [0.2, 0.25) is 29.5 Å². The standard InChI is InChI=1S/C61H85N13O16/c1-86-48-22-18-36(30-40(48)54(66)78)67-59(83)45(15-7-11-27-63)72-56(80)42-32-38(20-24-50(42)88-3)69-61(85)47(17-9-13-29-65)74-57(81)43-33-39(21-25-51(43)89-4)70-60(84)46(16-8-12-28-64)73-55(79)41-31-37(19-23-49(41)87-2)68-58(82)44(14-6-5-10-26-62)71-52(75)34-90-35-53(76)77/h18-25,30-33,44-47H,5-17,26-29,34-35,62-65H2,1-4H3,(H2,66,78)(H,67,83)(H,68,82)(H,69,85)(H,70,84)(H,71,75)(H,72,80)(H,73,79)(H,74,81)(H,76,77)/t44-,45-,46-,47-/m0/s1. The summed E-state index contributed by atoms with van der Waals surface area (Å²) in [5, 5.41) is 30.7. The SMILES string of the molecule is COc1ccc(NC(=O)[C@H](CCCCN)NC(=O)c2cc(NC(=O)[C@H](CCCCN)NC(=O)c3cc(NC(=O)[C@H](CCCCN)NC(=O)c4cc(NC(=O)[C@H](CCCCCN)NC(=O)COCC(=O)O)ccc4OC)ccc3OC)ccc2OC)cc1C(N)=O. The van der Waals surface area contributed by atoms with Gasteiger partial charge >= 0.3 is 5.97 Å². The van der Waals surface area contributed by atoms with Crippen LogP contribution in [0.2, 0.25) is 0 Å². The number of carboxylic acids is 1. The lowest BCUT2D eigenvalue weighted by Gasteiger charge is -2.22. The minimum atomic E-state index is -1.28. The van der Waals surface area contributed by atoms with Crippen LogP contribution in [-0.4, -0.2) is 156 Å². The van der Waals surface area contributed by atoms with Gasteiger partial charge in [-0.05, 0) is 170 Å². The van der Waals surface area contributed by atoms with Crippen molar-refractivity contribution >= 4 is 81.9 Å². The smallest absolute Gasteiger partial charge is 0.329 e. The summed E-state index contributed by atoms with van der Waals surface area (Å²) in [4.78, 5) is 134. The van der Waals surface area contributed by atoms with E-state index in [0.29, 0.717) is 70.9 Å². The van der Waals surface area contributed by atoms with E-state index >= 15 is 0 Å². The summed E-state index contributed by atoms with van der Waals surface area (Å²) in [5.41, 5.74) is 28.9. The molecule has 0 bridgehead atoms. The number of amides is 9. The Balaban J connectivity index is 1.55. The van der Waals surface area contributed by atoms with Crippen LogP contribution in [0.1, 0.15) is 125 Å². The second kappa shape index (κ2) is 38.8. The molecule has 4 rings (SSSR count). The summed E-state index contributed by atoms with van der Waals surface area (Å²) in [6.07, 6.45) is 5.24. The molecule has 4 aromatic carbocycles. The molecular weight excluding hydrogens is 1170 g/mol. The van der Waals surface area contributed by atoms with Gasteiger partial charge in [-0.25, -0.2) is 4.79 Å². The Labute approximate surface area is 521 Å². The Kier molecular flexibility index (Phi) is 31.5. The van der Waals surface area contributed by atoms with E-state index in [1.54, 1.807) is 0 Å². The lowest BCUT2D eigenvalue weighted by molar-refractivity contribution is -0.144. The summed E-state index contributed by atoms with van der Waals surface area (Å²) < 4.78 is 26.6. The first-order valence-electron chi connectivity index (χ1n) is 29.3. The summed E-state index contributed by atoms with van der Waals surface area (Å²) in [5.74, 6) is -7.24. The van der Waals surface area contributed by atoms with Gasteiger partial charge in [0.1, 0.15) is 60.4 Å². The van der Waals surface area contributed by atoms with Crippen LogP contribution in [0, 0.1) is 0 Å². The van der Waals surface area contributed by atoms with Gasteiger partial charge in [0.25, 0.3) is 23.6 Å². The van der Waals surface area contributed by atoms with E-state index in [1.165, 1.54) is 101 Å². The highest BCUT2D eigenvalue weighted by Crippen LogP contribution is 2.28. The van der Waals surface area contributed by atoms with Crippen molar-refractivity contribution in [1.29, 1.82) is 0 Å². The number of aliphatic carboxylic acids is 1. The number of methoxy groups -OCH3 is 4. The number of nitrogens with one attached hydrogen (secondary N) is 8. The Morgan fingerprint density at radius 1 is 0.389 bits per heavy atom. The highest BCUT2D eigenvalue weighted by atomic mass is 16.5. The van der Waals surface area contributed by atoms with Crippen LogP contribution in [0.25, 0.3) is 0 Å². The number of anilines is 4. The van der Waals surface area contributed by atoms with E-state index in [2.05, 4.69) is 42.5 Å². The van der Waals surface area contributed by atoms with Crippen molar-refractivity contribution < 1.29 is 76.7 Å². The lowest BCUT2D eigenvalue weighted by Crippen LogP contribution is -2.45. The average Bonchev–Trinajstić information content (AvgIpc) is 1.17. The second-order valence-corrected chi connectivity index (χ2v) is 20.6. The molecule has 90 heavy (non-hydrogen) atoms. The number of hydrogen-bond donors (Lipinski definition) is 14. The number of hydrogen-bond acceptors (Lipinski definition) is 19. The number of nitrogens with two attached hydrogens (primary N) is 5. The quantitative estimate of drug-likeness (QED) is 0.0284. The van der Waals surface area contributed by atoms with Crippen LogP contribution in [-0.2, 0) is 33.5 Å². The molecule has 490 valence electrons. The molecule has 0 heterocycles. The van der Waals surface area contributed by atoms with Crippen molar-refractivity contribution in [2.45, 2.75) is 108 Å². The summed E-state index contributed by atoms with van der Waals surface area (Å²) in [6.45, 7) is 0.00700. The molecule has 0 radical (unpaired) electrons. The fraction of sp³-hybridized carbons (Fsp3) is 0.443. The van der Waals surface area contributed by atoms with Crippen molar-refractivity contribution in [3.8, 4) is 23.0 Å². The van der Waals surface area contributed by atoms with Gasteiger partial charge in [-0.3, -0.25) is 43.2 Å². The second-order valence-electron chi connectivity index (χ2n) is 20.6. The predicted octanol–water partition coefficient (Wildman–Crippen LogP) is 2.46. The molecule has 4 aromatic rings. The molecule has 0 spiro atoms. The highest BCUT2D eigenvalue weighted by Gasteiger charge is 2.29. The molecule has 29 heteroatoms. The normalized spacial score (nSPS) is 12.1. The van der Waals surface area contributed by atoms with Crippen molar-refractivity contribution in [2.75, 3.05) is 89.1 Å². The first-order chi connectivity index (χ1) is 43.2. The fourth-order valence-corrected chi connectivity index (χ4v) is 9.18. The van der Waals surface area contributed by atoms with Gasteiger partial charge in [0, 0.05) is 22.7 Å². The summed E-state index contributed by atoms with van der Waals surface area (Å²) in [6, 6.07) is 12.5. The van der Waals surface area contributed by atoms with Crippen molar-refractivity contribution in [3.63, 3.8) is 0 Å². The van der Waals surface area contributed by atoms with E-state index in [0.717, 1.165) is 0 Å². The molecule has 0 aliphatic rings. The maximum Gasteiger partial charge on any atom is 0.329 e. The number of carbonyl (C=O) groups excluding carboxylic acids is 9. The van der Waals surface area contributed by atoms with Crippen LogP contribution >= 0.6 is 0 Å². The number of unbranched alkanes of at least 4 members (excludes halogenated alkanes) is 5. The van der Waals surface area contributed by atoms with Gasteiger partial charge in [-0.1, -0.05) is 12.8 Å². The Morgan fingerprint density at radius 3 is 0.956 bits per heavy atom. The molecule has 19 N–H and O–H groups in total. The Bertz CT molecular complexity index is 3110. The van der Waals surface area contributed by atoms with Gasteiger partial charge < -0.3 is 100.0 Å². The molecular formula is C61H85N13O16. The van der Waals surface area contributed by atoms with E-state index in [-0.39, 0.29) is 107 Å². The van der Waals surface area contributed by atoms with Crippen molar-refractivity contribution in [2.24, 2.45) is 28.7 Å². The van der Waals surface area contributed by atoms with Gasteiger partial charge in [-0.2, -0.15) is 0 Å². The molecule has 0 aliphatic heterocycles. The molecule has 0 saturated carbocycles. The van der Waals surface area contributed by atoms with Gasteiger partial charge in [-0.15, -0.1) is 0 Å². The van der Waals surface area contributed by atoms with E-state index in [9.17, 15) is 47.9 Å². The van der Waals surface area contributed by atoms with Crippen LogP contribution in [0.3, 0.4) is 0 Å².